The van der Waals surface area contributed by atoms with Gasteiger partial charge in [-0.1, -0.05) is 27.7 Å². The van der Waals surface area contributed by atoms with E-state index >= 15 is 0 Å². The van der Waals surface area contributed by atoms with E-state index in [-0.39, 0.29) is 5.92 Å². The third-order valence-corrected chi connectivity index (χ3v) is 2.69. The molecule has 0 amide bonds. The zero-order valence-electron chi connectivity index (χ0n) is 10.9. The lowest BCUT2D eigenvalue weighted by Crippen LogP contribution is -2.01. The molecule has 0 aliphatic rings. The van der Waals surface area contributed by atoms with E-state index in [0.29, 0.717) is 18.3 Å². The van der Waals surface area contributed by atoms with E-state index < -0.39 is 0 Å². The number of hydrogen-bond acceptors (Lipinski definition) is 2. The number of ether oxygens (including phenoxy) is 1. The summed E-state index contributed by atoms with van der Waals surface area (Å²) >= 11 is 0. The van der Waals surface area contributed by atoms with Crippen LogP contribution in [0.4, 0.5) is 0 Å². The Labute approximate surface area is 98.3 Å². The van der Waals surface area contributed by atoms with Gasteiger partial charge in [-0.15, -0.1) is 0 Å². The van der Waals surface area contributed by atoms with E-state index in [9.17, 15) is 5.11 Å². The summed E-state index contributed by atoms with van der Waals surface area (Å²) in [6.07, 6.45) is 0. The van der Waals surface area contributed by atoms with Crippen LogP contribution in [0.15, 0.2) is 12.1 Å². The predicted octanol–water partition coefficient (Wildman–Crippen LogP) is 4.04. The Bertz CT molecular complexity index is 354. The first kappa shape index (κ1) is 12.9. The molecular weight excluding hydrogens is 200 g/mol. The van der Waals surface area contributed by atoms with Gasteiger partial charge in [-0.2, -0.15) is 0 Å². The fourth-order valence-corrected chi connectivity index (χ4v) is 1.82. The van der Waals surface area contributed by atoms with Gasteiger partial charge in [0.05, 0.1) is 6.61 Å². The molecule has 90 valence electrons. The van der Waals surface area contributed by atoms with Gasteiger partial charge in [0.15, 0.2) is 0 Å². The van der Waals surface area contributed by atoms with Crippen LogP contribution in [0.25, 0.3) is 0 Å². The van der Waals surface area contributed by atoms with Crippen molar-refractivity contribution in [2.75, 3.05) is 6.61 Å². The number of hydrogen-bond donors (Lipinski definition) is 1. The molecule has 1 aromatic carbocycles. The molecule has 0 aromatic heterocycles. The van der Waals surface area contributed by atoms with E-state index in [1.165, 1.54) is 0 Å². The number of benzene rings is 1. The highest BCUT2D eigenvalue weighted by Gasteiger charge is 2.15. The van der Waals surface area contributed by atoms with Gasteiger partial charge in [-0.25, -0.2) is 0 Å². The van der Waals surface area contributed by atoms with E-state index in [1.54, 1.807) is 0 Å². The standard InChI is InChI=1S/C14H22O2/c1-6-16-13-8-11(9(2)3)7-12(15)14(13)10(4)5/h7-10,15H,6H2,1-5H3. The van der Waals surface area contributed by atoms with Gasteiger partial charge in [-0.3, -0.25) is 0 Å². The smallest absolute Gasteiger partial charge is 0.126 e. The van der Waals surface area contributed by atoms with Crippen LogP contribution in [0, 0.1) is 0 Å². The predicted molar refractivity (Wildman–Crippen MR) is 67.5 cm³/mol. The van der Waals surface area contributed by atoms with Crippen molar-refractivity contribution in [2.24, 2.45) is 0 Å². The third kappa shape index (κ3) is 2.69. The summed E-state index contributed by atoms with van der Waals surface area (Å²) in [6.45, 7) is 10.9. The molecule has 0 unspecified atom stereocenters. The van der Waals surface area contributed by atoms with Crippen molar-refractivity contribution < 1.29 is 9.84 Å². The Morgan fingerprint density at radius 2 is 1.75 bits per heavy atom. The lowest BCUT2D eigenvalue weighted by molar-refractivity contribution is 0.330. The van der Waals surface area contributed by atoms with Crippen molar-refractivity contribution in [2.45, 2.75) is 46.5 Å². The van der Waals surface area contributed by atoms with E-state index in [1.807, 2.05) is 19.1 Å². The normalized spacial score (nSPS) is 11.2. The minimum Gasteiger partial charge on any atom is -0.508 e. The first-order chi connectivity index (χ1) is 7.47. The summed E-state index contributed by atoms with van der Waals surface area (Å²) in [4.78, 5) is 0. The van der Waals surface area contributed by atoms with Gasteiger partial charge >= 0.3 is 0 Å². The number of phenolic OH excluding ortho intramolecular Hbond substituents is 1. The molecule has 0 spiro atoms. The second-order valence-electron chi connectivity index (χ2n) is 4.69. The molecule has 0 atom stereocenters. The molecule has 0 bridgehead atoms. The Kier molecular flexibility index (Phi) is 4.22. The maximum Gasteiger partial charge on any atom is 0.126 e. The molecule has 0 heterocycles. The van der Waals surface area contributed by atoms with Crippen LogP contribution < -0.4 is 4.74 Å². The molecule has 0 fully saturated rings. The highest BCUT2D eigenvalue weighted by atomic mass is 16.5. The summed E-state index contributed by atoms with van der Waals surface area (Å²) in [5.74, 6) is 1.83. The van der Waals surface area contributed by atoms with Gasteiger partial charge in [0, 0.05) is 5.56 Å². The quantitative estimate of drug-likeness (QED) is 0.833. The van der Waals surface area contributed by atoms with Crippen LogP contribution in [0.3, 0.4) is 0 Å². The Hall–Kier alpha value is -1.18. The highest BCUT2D eigenvalue weighted by molar-refractivity contribution is 5.49. The Morgan fingerprint density at radius 1 is 1.12 bits per heavy atom. The molecule has 0 saturated carbocycles. The maximum atomic E-state index is 10.0. The van der Waals surface area contributed by atoms with Gasteiger partial charge in [0.2, 0.25) is 0 Å². The van der Waals surface area contributed by atoms with Gasteiger partial charge in [0.1, 0.15) is 11.5 Å². The van der Waals surface area contributed by atoms with Crippen molar-refractivity contribution in [1.82, 2.24) is 0 Å². The molecule has 2 heteroatoms. The number of rotatable bonds is 4. The lowest BCUT2D eigenvalue weighted by Gasteiger charge is -2.17. The monoisotopic (exact) mass is 222 g/mol. The largest absolute Gasteiger partial charge is 0.508 e. The summed E-state index contributed by atoms with van der Waals surface area (Å²) in [7, 11) is 0. The molecule has 0 saturated heterocycles. The van der Waals surface area contributed by atoms with Crippen LogP contribution in [0.1, 0.15) is 57.6 Å². The fraction of sp³-hybridized carbons (Fsp3) is 0.571. The second kappa shape index (κ2) is 5.24. The van der Waals surface area contributed by atoms with Gasteiger partial charge < -0.3 is 9.84 Å². The molecular formula is C14H22O2. The molecule has 1 aromatic rings. The van der Waals surface area contributed by atoms with Gasteiger partial charge in [0.25, 0.3) is 0 Å². The van der Waals surface area contributed by atoms with Crippen molar-refractivity contribution >= 4 is 0 Å². The van der Waals surface area contributed by atoms with Crippen molar-refractivity contribution in [3.63, 3.8) is 0 Å². The molecule has 16 heavy (non-hydrogen) atoms. The molecule has 2 nitrogen and oxygen atoms in total. The molecule has 0 radical (unpaired) electrons. The fourth-order valence-electron chi connectivity index (χ4n) is 1.82. The average Bonchev–Trinajstić information content (AvgIpc) is 2.16. The van der Waals surface area contributed by atoms with Crippen molar-refractivity contribution in [1.29, 1.82) is 0 Å². The highest BCUT2D eigenvalue weighted by Crippen LogP contribution is 2.37. The lowest BCUT2D eigenvalue weighted by atomic mass is 9.95. The van der Waals surface area contributed by atoms with Gasteiger partial charge in [-0.05, 0) is 36.5 Å². The molecule has 1 N–H and O–H groups in total. The average molecular weight is 222 g/mol. The minimum absolute atomic E-state index is 0.266. The summed E-state index contributed by atoms with van der Waals surface area (Å²) < 4.78 is 5.61. The first-order valence-corrected chi connectivity index (χ1v) is 5.96. The summed E-state index contributed by atoms with van der Waals surface area (Å²) in [5, 5.41) is 10.0. The zero-order chi connectivity index (χ0) is 12.3. The van der Waals surface area contributed by atoms with E-state index in [4.69, 9.17) is 4.74 Å². The van der Waals surface area contributed by atoms with Crippen molar-refractivity contribution in [3.05, 3.63) is 23.3 Å². The summed E-state index contributed by atoms with van der Waals surface area (Å²) in [6, 6.07) is 3.89. The Morgan fingerprint density at radius 3 is 2.19 bits per heavy atom. The molecule has 0 aliphatic carbocycles. The SMILES string of the molecule is CCOc1cc(C(C)C)cc(O)c1C(C)C. The Balaban J connectivity index is 3.27. The van der Waals surface area contributed by atoms with Crippen LogP contribution in [0.5, 0.6) is 11.5 Å². The van der Waals surface area contributed by atoms with Crippen molar-refractivity contribution in [3.8, 4) is 11.5 Å². The van der Waals surface area contributed by atoms with Crippen LogP contribution in [0.2, 0.25) is 0 Å². The second-order valence-corrected chi connectivity index (χ2v) is 4.69. The maximum absolute atomic E-state index is 10.0. The van der Waals surface area contributed by atoms with Crippen LogP contribution in [-0.4, -0.2) is 11.7 Å². The third-order valence-electron chi connectivity index (χ3n) is 2.69. The summed E-state index contributed by atoms with van der Waals surface area (Å²) in [5.41, 5.74) is 2.02. The molecule has 1 rings (SSSR count). The van der Waals surface area contributed by atoms with E-state index in [2.05, 4.69) is 27.7 Å². The number of phenols is 1. The molecule has 0 aliphatic heterocycles. The van der Waals surface area contributed by atoms with E-state index in [0.717, 1.165) is 16.9 Å². The first-order valence-electron chi connectivity index (χ1n) is 5.96. The number of aromatic hydroxyl groups is 1. The minimum atomic E-state index is 0.266. The zero-order valence-corrected chi connectivity index (χ0v) is 10.9. The van der Waals surface area contributed by atoms with Crippen LogP contribution >= 0.6 is 0 Å². The topological polar surface area (TPSA) is 29.5 Å². The van der Waals surface area contributed by atoms with Crippen LogP contribution in [-0.2, 0) is 0 Å².